The number of hydrogen-bond acceptors (Lipinski definition) is 5. The molecule has 0 aromatic rings. The molecule has 7 heteroatoms. The standard InChI is InChI=1S/C19H35N3O4/c1-3-26-18(23)16-5-7-17(8-6-16)22-19(20-2)21-10-4-11-24-13-15-9-12-25-14-15/h15-17H,3-14H2,1-2H3,(H2,20,21,22). The van der Waals surface area contributed by atoms with E-state index in [1.165, 1.54) is 0 Å². The van der Waals surface area contributed by atoms with Crippen LogP contribution in [0, 0.1) is 11.8 Å². The van der Waals surface area contributed by atoms with Crippen molar-refractivity contribution in [3.8, 4) is 0 Å². The molecule has 0 bridgehead atoms. The Balaban J connectivity index is 1.53. The quantitative estimate of drug-likeness (QED) is 0.279. The van der Waals surface area contributed by atoms with E-state index in [-0.39, 0.29) is 11.9 Å². The number of hydrogen-bond donors (Lipinski definition) is 2. The van der Waals surface area contributed by atoms with Gasteiger partial charge in [-0.2, -0.15) is 0 Å². The molecule has 7 nitrogen and oxygen atoms in total. The molecule has 150 valence electrons. The molecule has 2 fully saturated rings. The molecule has 1 saturated heterocycles. The Morgan fingerprint density at radius 2 is 2.04 bits per heavy atom. The SMILES string of the molecule is CCOC(=O)C1CCC(NC(=NC)NCCCOCC2CCOC2)CC1. The van der Waals surface area contributed by atoms with Gasteiger partial charge in [-0.1, -0.05) is 0 Å². The maximum Gasteiger partial charge on any atom is 0.308 e. The van der Waals surface area contributed by atoms with Crippen molar-refractivity contribution in [2.45, 2.75) is 51.5 Å². The molecule has 2 rings (SSSR count). The first-order chi connectivity index (χ1) is 12.7. The van der Waals surface area contributed by atoms with Crippen LogP contribution in [-0.2, 0) is 19.0 Å². The Hall–Kier alpha value is -1.34. The molecule has 1 heterocycles. The molecule has 1 unspecified atom stereocenters. The highest BCUT2D eigenvalue weighted by Crippen LogP contribution is 2.25. The van der Waals surface area contributed by atoms with Crippen LogP contribution in [0.15, 0.2) is 4.99 Å². The van der Waals surface area contributed by atoms with Crippen LogP contribution >= 0.6 is 0 Å². The van der Waals surface area contributed by atoms with Crippen LogP contribution in [0.2, 0.25) is 0 Å². The van der Waals surface area contributed by atoms with Gasteiger partial charge in [-0.3, -0.25) is 9.79 Å². The number of nitrogens with zero attached hydrogens (tertiary/aromatic N) is 1. The van der Waals surface area contributed by atoms with Crippen molar-refractivity contribution in [1.29, 1.82) is 0 Å². The fraction of sp³-hybridized carbons (Fsp3) is 0.895. The van der Waals surface area contributed by atoms with Crippen molar-refractivity contribution in [2.75, 3.05) is 46.6 Å². The van der Waals surface area contributed by atoms with Crippen LogP contribution in [-0.4, -0.2) is 64.6 Å². The summed E-state index contributed by atoms with van der Waals surface area (Å²) in [5.41, 5.74) is 0. The van der Waals surface area contributed by atoms with Gasteiger partial charge in [0.05, 0.1) is 25.7 Å². The molecule has 1 aliphatic heterocycles. The second-order valence-electron chi connectivity index (χ2n) is 7.10. The smallest absolute Gasteiger partial charge is 0.308 e. The zero-order valence-corrected chi connectivity index (χ0v) is 16.3. The minimum Gasteiger partial charge on any atom is -0.466 e. The molecule has 2 aliphatic rings. The van der Waals surface area contributed by atoms with Gasteiger partial charge in [-0.25, -0.2) is 0 Å². The van der Waals surface area contributed by atoms with Crippen LogP contribution in [0.5, 0.6) is 0 Å². The average molecular weight is 370 g/mol. The lowest BCUT2D eigenvalue weighted by atomic mass is 9.86. The first-order valence-electron chi connectivity index (χ1n) is 10.0. The molecule has 0 radical (unpaired) electrons. The Labute approximate surface area is 157 Å². The van der Waals surface area contributed by atoms with E-state index in [0.29, 0.717) is 18.6 Å². The van der Waals surface area contributed by atoms with E-state index in [9.17, 15) is 4.79 Å². The lowest BCUT2D eigenvalue weighted by Crippen LogP contribution is -2.45. The number of rotatable bonds is 9. The molecule has 0 spiro atoms. The number of carbonyl (C=O) groups is 1. The molecular weight excluding hydrogens is 334 g/mol. The fourth-order valence-electron chi connectivity index (χ4n) is 3.47. The molecule has 1 saturated carbocycles. The molecular formula is C19H35N3O4. The van der Waals surface area contributed by atoms with E-state index in [1.54, 1.807) is 7.05 Å². The highest BCUT2D eigenvalue weighted by Gasteiger charge is 2.27. The summed E-state index contributed by atoms with van der Waals surface area (Å²) in [6, 6.07) is 0.366. The third-order valence-electron chi connectivity index (χ3n) is 5.05. The summed E-state index contributed by atoms with van der Waals surface area (Å²) in [5.74, 6) is 1.42. The van der Waals surface area contributed by atoms with Gasteiger partial charge in [0.25, 0.3) is 0 Å². The lowest BCUT2D eigenvalue weighted by Gasteiger charge is -2.29. The summed E-state index contributed by atoms with van der Waals surface area (Å²) < 4.78 is 16.2. The van der Waals surface area contributed by atoms with E-state index < -0.39 is 0 Å². The third kappa shape index (κ3) is 7.50. The zero-order valence-electron chi connectivity index (χ0n) is 16.3. The molecule has 1 atom stereocenters. The summed E-state index contributed by atoms with van der Waals surface area (Å²) >= 11 is 0. The molecule has 0 aromatic heterocycles. The number of guanidine groups is 1. The van der Waals surface area contributed by atoms with Gasteiger partial charge in [0.15, 0.2) is 5.96 Å². The lowest BCUT2D eigenvalue weighted by molar-refractivity contribution is -0.149. The highest BCUT2D eigenvalue weighted by atomic mass is 16.5. The summed E-state index contributed by atoms with van der Waals surface area (Å²) in [4.78, 5) is 16.1. The van der Waals surface area contributed by atoms with E-state index in [0.717, 1.165) is 77.5 Å². The fourth-order valence-corrected chi connectivity index (χ4v) is 3.47. The van der Waals surface area contributed by atoms with Gasteiger partial charge in [0.1, 0.15) is 0 Å². The molecule has 26 heavy (non-hydrogen) atoms. The zero-order chi connectivity index (χ0) is 18.6. The predicted octanol–water partition coefficient (Wildman–Crippen LogP) is 1.72. The van der Waals surface area contributed by atoms with Gasteiger partial charge in [-0.05, 0) is 45.4 Å². The Morgan fingerprint density at radius 1 is 1.23 bits per heavy atom. The average Bonchev–Trinajstić information content (AvgIpc) is 3.17. The van der Waals surface area contributed by atoms with Crippen molar-refractivity contribution in [3.05, 3.63) is 0 Å². The van der Waals surface area contributed by atoms with Crippen molar-refractivity contribution >= 4 is 11.9 Å². The number of carbonyl (C=O) groups excluding carboxylic acids is 1. The normalized spacial score (nSPS) is 26.5. The van der Waals surface area contributed by atoms with Gasteiger partial charge in [-0.15, -0.1) is 0 Å². The van der Waals surface area contributed by atoms with Crippen molar-refractivity contribution < 1.29 is 19.0 Å². The summed E-state index contributed by atoms with van der Waals surface area (Å²) in [7, 11) is 1.79. The Morgan fingerprint density at radius 3 is 2.69 bits per heavy atom. The molecule has 1 aliphatic carbocycles. The van der Waals surface area contributed by atoms with Crippen molar-refractivity contribution in [1.82, 2.24) is 10.6 Å². The molecule has 2 N–H and O–H groups in total. The van der Waals surface area contributed by atoms with Gasteiger partial charge >= 0.3 is 5.97 Å². The highest BCUT2D eigenvalue weighted by molar-refractivity contribution is 5.80. The van der Waals surface area contributed by atoms with Crippen LogP contribution < -0.4 is 10.6 Å². The van der Waals surface area contributed by atoms with E-state index in [4.69, 9.17) is 14.2 Å². The van der Waals surface area contributed by atoms with Crippen molar-refractivity contribution in [2.24, 2.45) is 16.8 Å². The topological polar surface area (TPSA) is 81.2 Å². The second kappa shape index (κ2) is 12.1. The van der Waals surface area contributed by atoms with Crippen LogP contribution in [0.3, 0.4) is 0 Å². The third-order valence-corrected chi connectivity index (χ3v) is 5.05. The minimum atomic E-state index is -0.0439. The second-order valence-corrected chi connectivity index (χ2v) is 7.10. The first-order valence-corrected chi connectivity index (χ1v) is 10.0. The first kappa shape index (κ1) is 21.0. The number of aliphatic imine (C=N–C) groups is 1. The maximum absolute atomic E-state index is 11.8. The van der Waals surface area contributed by atoms with Gasteiger partial charge < -0.3 is 24.8 Å². The Bertz CT molecular complexity index is 431. The maximum atomic E-state index is 11.8. The summed E-state index contributed by atoms with van der Waals surface area (Å²) in [6.45, 7) is 6.42. The Kier molecular flexibility index (Phi) is 9.77. The van der Waals surface area contributed by atoms with E-state index in [2.05, 4.69) is 15.6 Å². The summed E-state index contributed by atoms with van der Waals surface area (Å²) in [6.07, 6.45) is 5.77. The predicted molar refractivity (Wildman–Crippen MR) is 101 cm³/mol. The van der Waals surface area contributed by atoms with E-state index in [1.807, 2.05) is 6.92 Å². The number of nitrogens with one attached hydrogen (secondary N) is 2. The van der Waals surface area contributed by atoms with Crippen LogP contribution in [0.1, 0.15) is 45.4 Å². The monoisotopic (exact) mass is 369 g/mol. The van der Waals surface area contributed by atoms with E-state index >= 15 is 0 Å². The molecule has 0 amide bonds. The van der Waals surface area contributed by atoms with Crippen molar-refractivity contribution in [3.63, 3.8) is 0 Å². The minimum absolute atomic E-state index is 0.0439. The number of esters is 1. The number of ether oxygens (including phenoxy) is 3. The van der Waals surface area contributed by atoms with Gasteiger partial charge in [0.2, 0.25) is 0 Å². The van der Waals surface area contributed by atoms with Crippen LogP contribution in [0.25, 0.3) is 0 Å². The largest absolute Gasteiger partial charge is 0.466 e. The van der Waals surface area contributed by atoms with Gasteiger partial charge in [0, 0.05) is 38.8 Å². The van der Waals surface area contributed by atoms with Crippen LogP contribution in [0.4, 0.5) is 0 Å². The molecule has 0 aromatic carbocycles. The summed E-state index contributed by atoms with van der Waals surface area (Å²) in [5, 5.41) is 6.80.